The number of fused-ring (bicyclic) bond motifs is 1. The number of halogens is 1. The van der Waals surface area contributed by atoms with Gasteiger partial charge in [-0.1, -0.05) is 6.07 Å². The van der Waals surface area contributed by atoms with Gasteiger partial charge in [0.1, 0.15) is 5.82 Å². The van der Waals surface area contributed by atoms with Crippen LogP contribution in [0.5, 0.6) is 0 Å². The molecule has 6 heteroatoms. The lowest BCUT2D eigenvalue weighted by atomic mass is 10.1. The lowest BCUT2D eigenvalue weighted by Gasteiger charge is -2.27. The third-order valence-electron chi connectivity index (χ3n) is 3.57. The minimum atomic E-state index is -0.965. The Balaban J connectivity index is 2.00. The normalized spacial score (nSPS) is 18.2. The molecule has 0 unspecified atom stereocenters. The van der Waals surface area contributed by atoms with E-state index in [9.17, 15) is 4.79 Å². The van der Waals surface area contributed by atoms with Gasteiger partial charge in [-0.2, -0.15) is 0 Å². The van der Waals surface area contributed by atoms with Gasteiger partial charge in [-0.25, -0.2) is 9.78 Å². The maximum atomic E-state index is 10.6. The maximum Gasteiger partial charge on any atom is 0.328 e. The number of carboxylic acid groups (broad SMARTS) is 1. The number of nitrogens with zero attached hydrogens (tertiary/aromatic N) is 2. The van der Waals surface area contributed by atoms with Gasteiger partial charge in [0.2, 0.25) is 0 Å². The van der Waals surface area contributed by atoms with Crippen molar-refractivity contribution >= 4 is 34.7 Å². The van der Waals surface area contributed by atoms with E-state index >= 15 is 0 Å². The first-order chi connectivity index (χ1) is 10.2. The van der Waals surface area contributed by atoms with Crippen LogP contribution in [0, 0.1) is 0 Å². The summed E-state index contributed by atoms with van der Waals surface area (Å²) in [4.78, 5) is 15.1. The molecule has 0 saturated carbocycles. The first-order valence-electron chi connectivity index (χ1n) is 6.75. The van der Waals surface area contributed by atoms with Crippen molar-refractivity contribution in [1.29, 1.82) is 0 Å². The Morgan fingerprint density at radius 1 is 1.57 bits per heavy atom. The second-order valence-electron chi connectivity index (χ2n) is 4.97. The predicted octanol–water partition coefficient (Wildman–Crippen LogP) is 2.66. The number of alkyl halides is 1. The van der Waals surface area contributed by atoms with Crippen LogP contribution in [0.25, 0.3) is 17.1 Å². The summed E-state index contributed by atoms with van der Waals surface area (Å²) in [5, 5.41) is 8.70. The van der Waals surface area contributed by atoms with Crippen molar-refractivity contribution in [3.63, 3.8) is 0 Å². The Kier molecular flexibility index (Phi) is 3.94. The zero-order chi connectivity index (χ0) is 14.8. The van der Waals surface area contributed by atoms with Gasteiger partial charge in [0.05, 0.1) is 29.6 Å². The lowest BCUT2D eigenvalue weighted by molar-refractivity contribution is -0.131. The van der Waals surface area contributed by atoms with Crippen LogP contribution in [0.3, 0.4) is 0 Å². The third kappa shape index (κ3) is 2.94. The largest absolute Gasteiger partial charge is 0.478 e. The first kappa shape index (κ1) is 14.1. The van der Waals surface area contributed by atoms with Gasteiger partial charge in [-0.3, -0.25) is 0 Å². The second kappa shape index (κ2) is 5.87. The smallest absolute Gasteiger partial charge is 0.328 e. The summed E-state index contributed by atoms with van der Waals surface area (Å²) in [6, 6.07) is 5.65. The van der Waals surface area contributed by atoms with Gasteiger partial charge in [0.25, 0.3) is 0 Å². The van der Waals surface area contributed by atoms with Crippen LogP contribution in [0.2, 0.25) is 0 Å². The minimum absolute atomic E-state index is 0.211. The van der Waals surface area contributed by atoms with E-state index in [1.54, 1.807) is 6.08 Å². The highest BCUT2D eigenvalue weighted by atomic mass is 35.5. The molecule has 0 amide bonds. The van der Waals surface area contributed by atoms with E-state index in [0.717, 1.165) is 48.1 Å². The van der Waals surface area contributed by atoms with Gasteiger partial charge in [0, 0.05) is 12.7 Å². The Labute approximate surface area is 126 Å². The van der Waals surface area contributed by atoms with E-state index in [2.05, 4.69) is 9.55 Å². The molecule has 1 aliphatic heterocycles. The van der Waals surface area contributed by atoms with Crippen molar-refractivity contribution in [2.45, 2.75) is 24.9 Å². The summed E-state index contributed by atoms with van der Waals surface area (Å²) in [7, 11) is 0. The van der Waals surface area contributed by atoms with Gasteiger partial charge in [-0.05, 0) is 30.2 Å². The van der Waals surface area contributed by atoms with Crippen molar-refractivity contribution in [2.24, 2.45) is 0 Å². The van der Waals surface area contributed by atoms with E-state index in [4.69, 9.17) is 21.4 Å². The Morgan fingerprint density at radius 2 is 2.38 bits per heavy atom. The number of hydrogen-bond donors (Lipinski definition) is 1. The number of aromatic nitrogens is 2. The van der Waals surface area contributed by atoms with Crippen molar-refractivity contribution in [3.05, 3.63) is 35.7 Å². The molecule has 0 bridgehead atoms. The van der Waals surface area contributed by atoms with Gasteiger partial charge in [-0.15, -0.1) is 11.6 Å². The topological polar surface area (TPSA) is 64.3 Å². The fourth-order valence-corrected chi connectivity index (χ4v) is 2.60. The summed E-state index contributed by atoms with van der Waals surface area (Å²) in [5.41, 5.74) is 2.63. The van der Waals surface area contributed by atoms with Crippen LogP contribution in [-0.4, -0.2) is 33.3 Å². The average Bonchev–Trinajstić information content (AvgIpc) is 2.77. The molecule has 0 radical (unpaired) electrons. The Hall–Kier alpha value is -1.85. The first-order valence-corrected chi connectivity index (χ1v) is 7.28. The SMILES string of the molecule is O=C(O)/C=C/c1ccc2nc(CCl)n(C[C@@H]3CCO3)c2c1. The number of hydrogen-bond acceptors (Lipinski definition) is 3. The van der Waals surface area contributed by atoms with Crippen LogP contribution in [-0.2, 0) is 22.0 Å². The zero-order valence-electron chi connectivity index (χ0n) is 11.3. The molecule has 1 N–H and O–H groups in total. The number of carbonyl (C=O) groups is 1. The number of aliphatic carboxylic acids is 1. The fourth-order valence-electron chi connectivity index (χ4n) is 2.40. The summed E-state index contributed by atoms with van der Waals surface area (Å²) in [6.45, 7) is 1.53. The number of carboxylic acids is 1. The quantitative estimate of drug-likeness (QED) is 0.681. The van der Waals surface area contributed by atoms with Crippen molar-refractivity contribution < 1.29 is 14.6 Å². The molecular formula is C15H15ClN2O3. The summed E-state index contributed by atoms with van der Waals surface area (Å²) in [5.74, 6) is 0.177. The van der Waals surface area contributed by atoms with Crippen LogP contribution in [0.4, 0.5) is 0 Å². The molecule has 1 fully saturated rings. The van der Waals surface area contributed by atoms with Gasteiger partial charge in [0.15, 0.2) is 0 Å². The van der Waals surface area contributed by atoms with Gasteiger partial charge < -0.3 is 14.4 Å². The van der Waals surface area contributed by atoms with E-state index in [1.807, 2.05) is 18.2 Å². The van der Waals surface area contributed by atoms with Crippen LogP contribution in [0.15, 0.2) is 24.3 Å². The predicted molar refractivity (Wildman–Crippen MR) is 80.3 cm³/mol. The number of benzene rings is 1. The van der Waals surface area contributed by atoms with Crippen LogP contribution in [0.1, 0.15) is 17.8 Å². The molecule has 0 aliphatic carbocycles. The molecule has 2 heterocycles. The van der Waals surface area contributed by atoms with E-state index < -0.39 is 5.97 Å². The van der Waals surface area contributed by atoms with Crippen molar-refractivity contribution in [2.75, 3.05) is 6.61 Å². The molecule has 1 aromatic heterocycles. The molecule has 1 atom stereocenters. The fraction of sp³-hybridized carbons (Fsp3) is 0.333. The summed E-state index contributed by atoms with van der Waals surface area (Å²) in [6.07, 6.45) is 3.95. The van der Waals surface area contributed by atoms with Crippen LogP contribution >= 0.6 is 11.6 Å². The molecule has 5 nitrogen and oxygen atoms in total. The van der Waals surface area contributed by atoms with Gasteiger partial charge >= 0.3 is 5.97 Å². The van der Waals surface area contributed by atoms with Crippen molar-refractivity contribution in [3.8, 4) is 0 Å². The monoisotopic (exact) mass is 306 g/mol. The highest BCUT2D eigenvalue weighted by Gasteiger charge is 2.21. The van der Waals surface area contributed by atoms with Crippen LogP contribution < -0.4 is 0 Å². The molecule has 110 valence electrons. The molecule has 2 aromatic rings. The molecule has 0 spiro atoms. The zero-order valence-corrected chi connectivity index (χ0v) is 12.1. The van der Waals surface area contributed by atoms with Crippen molar-refractivity contribution in [1.82, 2.24) is 9.55 Å². The molecule has 1 saturated heterocycles. The number of imidazole rings is 1. The average molecular weight is 307 g/mol. The second-order valence-corrected chi connectivity index (χ2v) is 5.24. The highest BCUT2D eigenvalue weighted by molar-refractivity contribution is 6.16. The lowest BCUT2D eigenvalue weighted by Crippen LogP contribution is -2.31. The Morgan fingerprint density at radius 3 is 3.00 bits per heavy atom. The molecular weight excluding hydrogens is 292 g/mol. The summed E-state index contributed by atoms with van der Waals surface area (Å²) >= 11 is 5.97. The highest BCUT2D eigenvalue weighted by Crippen LogP contribution is 2.23. The third-order valence-corrected chi connectivity index (χ3v) is 3.81. The number of rotatable bonds is 5. The number of ether oxygens (including phenoxy) is 1. The molecule has 3 rings (SSSR count). The molecule has 1 aromatic carbocycles. The Bertz CT molecular complexity index is 704. The molecule has 1 aliphatic rings. The van der Waals surface area contributed by atoms with E-state index in [1.165, 1.54) is 0 Å². The summed E-state index contributed by atoms with van der Waals surface area (Å²) < 4.78 is 7.54. The standard InChI is InChI=1S/C15H15ClN2O3/c16-8-14-17-12-3-1-10(2-4-15(19)20)7-13(12)18(14)9-11-5-6-21-11/h1-4,7,11H,5-6,8-9H2,(H,19,20)/b4-2+/t11-/m0/s1. The molecule has 21 heavy (non-hydrogen) atoms. The maximum absolute atomic E-state index is 10.6. The van der Waals surface area contributed by atoms with E-state index in [0.29, 0.717) is 5.88 Å². The van der Waals surface area contributed by atoms with E-state index in [-0.39, 0.29) is 6.10 Å². The minimum Gasteiger partial charge on any atom is -0.478 e.